The van der Waals surface area contributed by atoms with Crippen molar-refractivity contribution in [3.05, 3.63) is 35.2 Å². The maximum atomic E-state index is 11.0. The van der Waals surface area contributed by atoms with Gasteiger partial charge in [-0.25, -0.2) is 0 Å². The number of ether oxygens (including phenoxy) is 1. The first-order valence-electron chi connectivity index (χ1n) is 5.84. The molecule has 0 amide bonds. The number of hydrogen-bond acceptors (Lipinski definition) is 2. The van der Waals surface area contributed by atoms with Crippen LogP contribution in [0.25, 0.3) is 0 Å². The van der Waals surface area contributed by atoms with Crippen molar-refractivity contribution in [3.63, 3.8) is 0 Å². The van der Waals surface area contributed by atoms with Gasteiger partial charge in [0, 0.05) is 6.92 Å². The van der Waals surface area contributed by atoms with Crippen molar-refractivity contribution in [2.24, 2.45) is 0 Å². The molecule has 0 fully saturated rings. The highest BCUT2D eigenvalue weighted by Crippen LogP contribution is 2.30. The highest BCUT2D eigenvalue weighted by Gasteiger charge is 2.17. The first kappa shape index (κ1) is 13.8. The Morgan fingerprint density at radius 2 is 1.65 bits per heavy atom. The van der Waals surface area contributed by atoms with Crippen molar-refractivity contribution in [1.82, 2.24) is 0 Å². The molecular formula is C15H21O2. The zero-order valence-electron chi connectivity index (χ0n) is 11.5. The van der Waals surface area contributed by atoms with Crippen LogP contribution in [0, 0.1) is 5.92 Å². The standard InChI is InChI=1S/C15H21O2/c1-10(2)12-7-13(15(4,5)6)9-14(8-12)17-11(3)16/h7-9H,1-6H3. The number of carbonyl (C=O) groups excluding carboxylic acids is 1. The minimum Gasteiger partial charge on any atom is -0.427 e. The highest BCUT2D eigenvalue weighted by atomic mass is 16.5. The van der Waals surface area contributed by atoms with Crippen LogP contribution < -0.4 is 4.74 Å². The molecule has 0 saturated carbocycles. The lowest BCUT2D eigenvalue weighted by molar-refractivity contribution is -0.131. The van der Waals surface area contributed by atoms with Gasteiger partial charge in [-0.15, -0.1) is 0 Å². The summed E-state index contributed by atoms with van der Waals surface area (Å²) in [4.78, 5) is 11.0. The van der Waals surface area contributed by atoms with Gasteiger partial charge in [0.15, 0.2) is 0 Å². The maximum absolute atomic E-state index is 11.0. The van der Waals surface area contributed by atoms with Gasteiger partial charge in [-0.05, 0) is 34.6 Å². The molecule has 0 atom stereocenters. The number of esters is 1. The van der Waals surface area contributed by atoms with Crippen LogP contribution in [0.3, 0.4) is 0 Å². The summed E-state index contributed by atoms with van der Waals surface area (Å²) in [6, 6.07) is 6.00. The lowest BCUT2D eigenvalue weighted by Crippen LogP contribution is -2.13. The molecule has 0 saturated heterocycles. The number of carbonyl (C=O) groups is 1. The molecule has 0 unspecified atom stereocenters. The molecule has 0 spiro atoms. The SMILES string of the molecule is C[C](C)c1cc(OC(C)=O)cc(C(C)(C)C)c1. The average molecular weight is 233 g/mol. The van der Waals surface area contributed by atoms with Crippen molar-refractivity contribution in [2.75, 3.05) is 0 Å². The summed E-state index contributed by atoms with van der Waals surface area (Å²) in [7, 11) is 0. The Hall–Kier alpha value is -1.31. The van der Waals surface area contributed by atoms with E-state index >= 15 is 0 Å². The largest absolute Gasteiger partial charge is 0.427 e. The van der Waals surface area contributed by atoms with Crippen LogP contribution in [0.4, 0.5) is 0 Å². The van der Waals surface area contributed by atoms with Gasteiger partial charge in [-0.1, -0.05) is 40.7 Å². The second-order valence-electron chi connectivity index (χ2n) is 5.59. The second-order valence-corrected chi connectivity index (χ2v) is 5.59. The summed E-state index contributed by atoms with van der Waals surface area (Å²) in [5.41, 5.74) is 2.33. The third-order valence-electron chi connectivity index (χ3n) is 2.61. The molecule has 0 aliphatic carbocycles. The van der Waals surface area contributed by atoms with E-state index in [1.165, 1.54) is 18.4 Å². The van der Waals surface area contributed by atoms with Crippen LogP contribution in [0.5, 0.6) is 5.75 Å². The molecule has 1 aromatic rings. The monoisotopic (exact) mass is 233 g/mol. The van der Waals surface area contributed by atoms with Crippen LogP contribution in [0.2, 0.25) is 0 Å². The number of rotatable bonds is 2. The first-order chi connectivity index (χ1) is 7.70. The van der Waals surface area contributed by atoms with Crippen molar-refractivity contribution in [1.29, 1.82) is 0 Å². The predicted octanol–water partition coefficient (Wildman–Crippen LogP) is 3.87. The minimum atomic E-state index is -0.282. The molecule has 93 valence electrons. The molecule has 0 N–H and O–H groups in total. The van der Waals surface area contributed by atoms with E-state index in [-0.39, 0.29) is 11.4 Å². The zero-order valence-corrected chi connectivity index (χ0v) is 11.5. The van der Waals surface area contributed by atoms with Gasteiger partial charge in [0.2, 0.25) is 0 Å². The first-order valence-corrected chi connectivity index (χ1v) is 5.84. The minimum absolute atomic E-state index is 0.0420. The molecule has 0 heterocycles. The van der Waals surface area contributed by atoms with E-state index in [9.17, 15) is 4.79 Å². The van der Waals surface area contributed by atoms with Crippen molar-refractivity contribution in [3.8, 4) is 5.75 Å². The molecule has 1 radical (unpaired) electrons. The van der Waals surface area contributed by atoms with Crippen LogP contribution in [-0.4, -0.2) is 5.97 Å². The third-order valence-corrected chi connectivity index (χ3v) is 2.61. The van der Waals surface area contributed by atoms with E-state index in [4.69, 9.17) is 4.74 Å². The Kier molecular flexibility index (Phi) is 3.97. The summed E-state index contributed by atoms with van der Waals surface area (Å²) in [5.74, 6) is 1.56. The molecule has 0 aliphatic heterocycles. The van der Waals surface area contributed by atoms with Crippen LogP contribution >= 0.6 is 0 Å². The van der Waals surface area contributed by atoms with E-state index in [0.29, 0.717) is 5.75 Å². The number of hydrogen-bond donors (Lipinski definition) is 0. The maximum Gasteiger partial charge on any atom is 0.308 e. The van der Waals surface area contributed by atoms with E-state index in [0.717, 1.165) is 5.56 Å². The van der Waals surface area contributed by atoms with Crippen molar-refractivity contribution < 1.29 is 9.53 Å². The Bertz CT molecular complexity index is 411. The smallest absolute Gasteiger partial charge is 0.308 e. The second kappa shape index (κ2) is 4.91. The Morgan fingerprint density at radius 3 is 2.06 bits per heavy atom. The lowest BCUT2D eigenvalue weighted by atomic mass is 9.84. The molecule has 2 nitrogen and oxygen atoms in total. The topological polar surface area (TPSA) is 26.3 Å². The fraction of sp³-hybridized carbons (Fsp3) is 0.467. The fourth-order valence-corrected chi connectivity index (χ4v) is 1.55. The highest BCUT2D eigenvalue weighted by molar-refractivity contribution is 5.69. The molecule has 0 bridgehead atoms. The summed E-state index contributed by atoms with van der Waals surface area (Å²) >= 11 is 0. The number of benzene rings is 1. The molecule has 0 aliphatic rings. The Balaban J connectivity index is 3.23. The van der Waals surface area contributed by atoms with E-state index in [1.54, 1.807) is 0 Å². The van der Waals surface area contributed by atoms with Gasteiger partial charge in [-0.3, -0.25) is 4.79 Å². The lowest BCUT2D eigenvalue weighted by Gasteiger charge is -2.21. The normalized spacial score (nSPS) is 11.7. The van der Waals surface area contributed by atoms with Crippen molar-refractivity contribution >= 4 is 5.97 Å². The third kappa shape index (κ3) is 3.88. The van der Waals surface area contributed by atoms with Crippen molar-refractivity contribution in [2.45, 2.75) is 47.0 Å². The van der Waals surface area contributed by atoms with Gasteiger partial charge in [0.1, 0.15) is 5.75 Å². The van der Waals surface area contributed by atoms with Crippen LogP contribution in [0.15, 0.2) is 18.2 Å². The molecule has 1 aromatic carbocycles. The van der Waals surface area contributed by atoms with E-state index in [1.807, 2.05) is 12.1 Å². The predicted molar refractivity (Wildman–Crippen MR) is 70.1 cm³/mol. The summed E-state index contributed by atoms with van der Waals surface area (Å²) < 4.78 is 5.19. The van der Waals surface area contributed by atoms with Gasteiger partial charge >= 0.3 is 5.97 Å². The Morgan fingerprint density at radius 1 is 1.06 bits per heavy atom. The van der Waals surface area contributed by atoms with Crippen LogP contribution in [0.1, 0.15) is 52.7 Å². The molecule has 2 heteroatoms. The summed E-state index contributed by atoms with van der Waals surface area (Å²) in [5, 5.41) is 0. The summed E-state index contributed by atoms with van der Waals surface area (Å²) in [6.45, 7) is 12.0. The quantitative estimate of drug-likeness (QED) is 0.572. The fourth-order valence-electron chi connectivity index (χ4n) is 1.55. The van der Waals surface area contributed by atoms with E-state index in [2.05, 4.69) is 40.7 Å². The molecule has 17 heavy (non-hydrogen) atoms. The summed E-state index contributed by atoms with van der Waals surface area (Å²) in [6.07, 6.45) is 0. The van der Waals surface area contributed by atoms with E-state index < -0.39 is 0 Å². The average Bonchev–Trinajstić information content (AvgIpc) is 2.14. The molecule has 0 aromatic heterocycles. The van der Waals surface area contributed by atoms with Gasteiger partial charge in [-0.2, -0.15) is 0 Å². The molecule has 1 rings (SSSR count). The van der Waals surface area contributed by atoms with Gasteiger partial charge in [0.25, 0.3) is 0 Å². The molecular weight excluding hydrogens is 212 g/mol. The van der Waals surface area contributed by atoms with Crippen LogP contribution in [-0.2, 0) is 10.2 Å². The van der Waals surface area contributed by atoms with Gasteiger partial charge in [0.05, 0.1) is 0 Å². The van der Waals surface area contributed by atoms with Gasteiger partial charge < -0.3 is 4.74 Å². The zero-order chi connectivity index (χ0) is 13.2. The Labute approximate surface area is 104 Å².